The van der Waals surface area contributed by atoms with E-state index in [9.17, 15) is 9.59 Å². The Labute approximate surface area is 151 Å². The monoisotopic (exact) mass is 361 g/mol. The molecule has 1 atom stereocenters. The number of carbonyl (C=O) groups is 2. The Morgan fingerprint density at radius 1 is 1.40 bits per heavy atom. The summed E-state index contributed by atoms with van der Waals surface area (Å²) in [6.45, 7) is 7.87. The van der Waals surface area contributed by atoms with Crippen LogP contribution in [0.25, 0.3) is 0 Å². The lowest BCUT2D eigenvalue weighted by Crippen LogP contribution is -2.16. The van der Waals surface area contributed by atoms with Gasteiger partial charge in [0.05, 0.1) is 17.7 Å². The highest BCUT2D eigenvalue weighted by Crippen LogP contribution is 2.40. The fourth-order valence-electron chi connectivity index (χ4n) is 3.28. The van der Waals surface area contributed by atoms with Gasteiger partial charge in [0.25, 0.3) is 5.91 Å². The van der Waals surface area contributed by atoms with E-state index < -0.39 is 0 Å². The van der Waals surface area contributed by atoms with Gasteiger partial charge < -0.3 is 14.5 Å². The average Bonchev–Trinajstić information content (AvgIpc) is 3.06. The van der Waals surface area contributed by atoms with Gasteiger partial charge in [-0.25, -0.2) is 4.79 Å². The molecule has 0 saturated carbocycles. The molecule has 0 saturated heterocycles. The van der Waals surface area contributed by atoms with Crippen LogP contribution in [0.3, 0.4) is 0 Å². The van der Waals surface area contributed by atoms with Crippen LogP contribution in [0, 0.1) is 19.8 Å². The van der Waals surface area contributed by atoms with Gasteiger partial charge in [-0.15, -0.1) is 11.3 Å². The van der Waals surface area contributed by atoms with Crippen LogP contribution < -0.4 is 5.32 Å². The van der Waals surface area contributed by atoms with Gasteiger partial charge in [0.1, 0.15) is 16.5 Å². The molecule has 2 heterocycles. The number of aryl methyl sites for hydroxylation is 2. The Balaban J connectivity index is 1.96. The average molecular weight is 361 g/mol. The minimum absolute atomic E-state index is 0.258. The molecule has 0 fully saturated rings. The molecule has 25 heavy (non-hydrogen) atoms. The quantitative estimate of drug-likeness (QED) is 0.814. The number of hydrogen-bond donors (Lipinski definition) is 1. The topological polar surface area (TPSA) is 68.5 Å². The van der Waals surface area contributed by atoms with Crippen LogP contribution in [0.15, 0.2) is 10.5 Å². The first-order valence-corrected chi connectivity index (χ1v) is 9.42. The Kier molecular flexibility index (Phi) is 4.99. The summed E-state index contributed by atoms with van der Waals surface area (Å²) in [6, 6.07) is 1.71. The van der Waals surface area contributed by atoms with Crippen molar-refractivity contribution in [3.05, 3.63) is 39.2 Å². The van der Waals surface area contributed by atoms with E-state index in [4.69, 9.17) is 9.15 Å². The molecule has 0 radical (unpaired) electrons. The van der Waals surface area contributed by atoms with Gasteiger partial charge >= 0.3 is 5.97 Å². The number of carbonyl (C=O) groups excluding carboxylic acids is 2. The zero-order valence-electron chi connectivity index (χ0n) is 15.0. The van der Waals surface area contributed by atoms with E-state index in [2.05, 4.69) is 12.2 Å². The van der Waals surface area contributed by atoms with E-state index in [0.717, 1.165) is 24.8 Å². The second-order valence-corrected chi connectivity index (χ2v) is 7.66. The van der Waals surface area contributed by atoms with Crippen molar-refractivity contribution < 1.29 is 18.7 Å². The zero-order chi connectivity index (χ0) is 18.1. The summed E-state index contributed by atoms with van der Waals surface area (Å²) < 4.78 is 10.7. The maximum atomic E-state index is 12.6. The predicted molar refractivity (Wildman–Crippen MR) is 97.6 cm³/mol. The van der Waals surface area contributed by atoms with Crippen LogP contribution in [-0.4, -0.2) is 18.5 Å². The summed E-state index contributed by atoms with van der Waals surface area (Å²) in [5.41, 5.74) is 2.06. The van der Waals surface area contributed by atoms with Crippen LogP contribution in [0.1, 0.15) is 62.9 Å². The summed E-state index contributed by atoms with van der Waals surface area (Å²) >= 11 is 1.49. The molecule has 5 nitrogen and oxygen atoms in total. The van der Waals surface area contributed by atoms with Crippen LogP contribution in [0.2, 0.25) is 0 Å². The lowest BCUT2D eigenvalue weighted by Gasteiger charge is -2.18. The van der Waals surface area contributed by atoms with Gasteiger partial charge in [0, 0.05) is 4.88 Å². The fraction of sp³-hybridized carbons (Fsp3) is 0.474. The van der Waals surface area contributed by atoms with Crippen molar-refractivity contribution in [1.82, 2.24) is 0 Å². The molecule has 1 unspecified atom stereocenters. The van der Waals surface area contributed by atoms with E-state index in [1.54, 1.807) is 26.8 Å². The second-order valence-electron chi connectivity index (χ2n) is 6.56. The fourth-order valence-corrected chi connectivity index (χ4v) is 4.68. The van der Waals surface area contributed by atoms with E-state index in [1.807, 2.05) is 0 Å². The number of anilines is 1. The highest BCUT2D eigenvalue weighted by atomic mass is 32.1. The first-order valence-electron chi connectivity index (χ1n) is 8.60. The third-order valence-corrected chi connectivity index (χ3v) is 5.67. The molecular weight excluding hydrogens is 338 g/mol. The minimum atomic E-state index is -0.357. The van der Waals surface area contributed by atoms with Gasteiger partial charge in [0.15, 0.2) is 0 Å². The SMILES string of the molecule is CCOC(=O)c1c(NC(=O)c2cc(C)oc2C)sc2c1CCC(C)C2. The minimum Gasteiger partial charge on any atom is -0.466 e. The molecule has 0 bridgehead atoms. The van der Waals surface area contributed by atoms with Gasteiger partial charge in [-0.1, -0.05) is 6.92 Å². The molecular formula is C19H23NO4S. The Morgan fingerprint density at radius 3 is 2.80 bits per heavy atom. The first kappa shape index (κ1) is 17.7. The third-order valence-electron chi connectivity index (χ3n) is 4.50. The summed E-state index contributed by atoms with van der Waals surface area (Å²) in [5, 5.41) is 3.50. The third kappa shape index (κ3) is 3.49. The second kappa shape index (κ2) is 7.04. The molecule has 134 valence electrons. The van der Waals surface area contributed by atoms with Crippen molar-refractivity contribution in [2.75, 3.05) is 11.9 Å². The number of hydrogen-bond acceptors (Lipinski definition) is 5. The molecule has 1 N–H and O–H groups in total. The lowest BCUT2D eigenvalue weighted by molar-refractivity contribution is 0.0526. The number of ether oxygens (including phenoxy) is 1. The highest BCUT2D eigenvalue weighted by molar-refractivity contribution is 7.17. The van der Waals surface area contributed by atoms with E-state index >= 15 is 0 Å². The normalized spacial score (nSPS) is 16.4. The molecule has 0 aliphatic heterocycles. The summed E-state index contributed by atoms with van der Waals surface area (Å²) in [4.78, 5) is 26.3. The number of fused-ring (bicyclic) bond motifs is 1. The van der Waals surface area contributed by atoms with Crippen molar-refractivity contribution in [2.24, 2.45) is 5.92 Å². The smallest absolute Gasteiger partial charge is 0.341 e. The largest absolute Gasteiger partial charge is 0.466 e. The van der Waals surface area contributed by atoms with Crippen molar-refractivity contribution >= 4 is 28.2 Å². The number of rotatable bonds is 4. The van der Waals surface area contributed by atoms with Crippen LogP contribution in [-0.2, 0) is 17.6 Å². The molecule has 1 amide bonds. The van der Waals surface area contributed by atoms with E-state index in [1.165, 1.54) is 16.2 Å². The zero-order valence-corrected chi connectivity index (χ0v) is 15.8. The summed E-state index contributed by atoms with van der Waals surface area (Å²) in [6.07, 6.45) is 2.83. The van der Waals surface area contributed by atoms with Crippen molar-refractivity contribution in [3.8, 4) is 0 Å². The molecule has 6 heteroatoms. The van der Waals surface area contributed by atoms with Crippen LogP contribution >= 0.6 is 11.3 Å². The maximum Gasteiger partial charge on any atom is 0.341 e. The maximum absolute atomic E-state index is 12.6. The van der Waals surface area contributed by atoms with Crippen molar-refractivity contribution in [3.63, 3.8) is 0 Å². The molecule has 0 spiro atoms. The van der Waals surface area contributed by atoms with Gasteiger partial charge in [0.2, 0.25) is 0 Å². The standard InChI is InChI=1S/C19H23NO4S/c1-5-23-19(22)16-13-7-6-10(2)8-15(13)25-18(16)20-17(21)14-9-11(3)24-12(14)4/h9-10H,5-8H2,1-4H3,(H,20,21). The Hall–Kier alpha value is -2.08. The van der Waals surface area contributed by atoms with Crippen molar-refractivity contribution in [1.29, 1.82) is 0 Å². The molecule has 3 rings (SSSR count). The van der Waals surface area contributed by atoms with Crippen molar-refractivity contribution in [2.45, 2.75) is 47.0 Å². The Bertz CT molecular complexity index is 818. The summed E-state index contributed by atoms with van der Waals surface area (Å²) in [5.74, 6) is 1.23. The lowest BCUT2D eigenvalue weighted by atomic mass is 9.88. The number of amides is 1. The first-order chi connectivity index (χ1) is 11.9. The number of thiophene rings is 1. The Morgan fingerprint density at radius 2 is 2.16 bits per heavy atom. The van der Waals surface area contributed by atoms with Gasteiger partial charge in [-0.3, -0.25) is 4.79 Å². The van der Waals surface area contributed by atoms with Crippen LogP contribution in [0.4, 0.5) is 5.00 Å². The van der Waals surface area contributed by atoms with Crippen LogP contribution in [0.5, 0.6) is 0 Å². The number of nitrogens with one attached hydrogen (secondary N) is 1. The molecule has 1 aliphatic rings. The highest BCUT2D eigenvalue weighted by Gasteiger charge is 2.29. The number of esters is 1. The molecule has 2 aromatic rings. The molecule has 2 aromatic heterocycles. The molecule has 0 aromatic carbocycles. The van der Waals surface area contributed by atoms with Gasteiger partial charge in [-0.2, -0.15) is 0 Å². The predicted octanol–water partition coefficient (Wildman–Crippen LogP) is 4.51. The molecule has 1 aliphatic carbocycles. The van der Waals surface area contributed by atoms with E-state index in [-0.39, 0.29) is 11.9 Å². The van der Waals surface area contributed by atoms with Gasteiger partial charge in [-0.05, 0) is 57.6 Å². The summed E-state index contributed by atoms with van der Waals surface area (Å²) in [7, 11) is 0. The number of furan rings is 1. The van der Waals surface area contributed by atoms with E-state index in [0.29, 0.717) is 40.2 Å².